The van der Waals surface area contributed by atoms with Gasteiger partial charge in [-0.05, 0) is 6.42 Å². The van der Waals surface area contributed by atoms with Crippen molar-refractivity contribution in [2.75, 3.05) is 0 Å². The lowest BCUT2D eigenvalue weighted by atomic mass is 10.4. The summed E-state index contributed by atoms with van der Waals surface area (Å²) in [4.78, 5) is 40.4. The minimum atomic E-state index is -5.06. The molecule has 8 nitrogen and oxygen atoms in total. The molecule has 1 aromatic rings. The summed E-state index contributed by atoms with van der Waals surface area (Å²) in [7, 11) is -10.1. The minimum Gasteiger partial charge on any atom is -0.322 e. The third-order valence-corrected chi connectivity index (χ3v) is 6.85. The fraction of sp³-hybridized carbons (Fsp3) is 0.500. The van der Waals surface area contributed by atoms with E-state index in [9.17, 15) is 28.7 Å². The Morgan fingerprint density at radius 2 is 1.75 bits per heavy atom. The topological polar surface area (TPSA) is 133 Å². The highest BCUT2D eigenvalue weighted by molar-refractivity contribution is 7.71. The summed E-state index contributed by atoms with van der Waals surface area (Å²) in [5, 5.41) is -2.57. The molecule has 1 rings (SSSR count). The summed E-state index contributed by atoms with van der Waals surface area (Å²) in [5.41, 5.74) is 0. The molecule has 0 aliphatic heterocycles. The first-order valence-electron chi connectivity index (χ1n) is 4.26. The van der Waals surface area contributed by atoms with E-state index in [0.29, 0.717) is 0 Å². The lowest BCUT2D eigenvalue weighted by Crippen LogP contribution is -2.31. The lowest BCUT2D eigenvalue weighted by molar-refractivity contribution is 0.270. The Kier molecular flexibility index (Phi) is 3.45. The number of hydrogen-bond acceptors (Lipinski definition) is 3. The van der Waals surface area contributed by atoms with Crippen LogP contribution < -0.4 is 0 Å². The quantitative estimate of drug-likeness (QED) is 0.576. The van der Waals surface area contributed by atoms with Gasteiger partial charge in [0.05, 0.1) is 6.33 Å². The van der Waals surface area contributed by atoms with Crippen molar-refractivity contribution in [2.45, 2.75) is 18.4 Å². The van der Waals surface area contributed by atoms with E-state index in [1.165, 1.54) is 13.1 Å². The van der Waals surface area contributed by atoms with E-state index in [-0.39, 0.29) is 0 Å². The van der Waals surface area contributed by atoms with Crippen LogP contribution in [0.3, 0.4) is 0 Å². The zero-order valence-electron chi connectivity index (χ0n) is 8.33. The van der Waals surface area contributed by atoms with Gasteiger partial charge in [-0.3, -0.25) is 9.13 Å². The van der Waals surface area contributed by atoms with E-state index in [1.54, 1.807) is 0 Å². The lowest BCUT2D eigenvalue weighted by Gasteiger charge is -2.34. The van der Waals surface area contributed by atoms with Gasteiger partial charge in [0.2, 0.25) is 5.02 Å². The molecule has 0 saturated heterocycles. The largest absolute Gasteiger partial charge is 0.363 e. The molecule has 0 bridgehead atoms. The summed E-state index contributed by atoms with van der Waals surface area (Å²) < 4.78 is 23.5. The minimum absolute atomic E-state index is 0.419. The van der Waals surface area contributed by atoms with Crippen molar-refractivity contribution in [3.05, 3.63) is 18.7 Å². The van der Waals surface area contributed by atoms with Gasteiger partial charge in [-0.2, -0.15) is 0 Å². The zero-order chi connectivity index (χ0) is 12.6. The number of nitrogens with zero attached hydrogens (tertiary/aromatic N) is 2. The van der Waals surface area contributed by atoms with Gasteiger partial charge >= 0.3 is 15.2 Å². The van der Waals surface area contributed by atoms with Gasteiger partial charge < -0.3 is 24.1 Å². The average Bonchev–Trinajstić information content (AvgIpc) is 2.53. The zero-order valence-corrected chi connectivity index (χ0v) is 10.1. The van der Waals surface area contributed by atoms with Crippen molar-refractivity contribution in [2.24, 2.45) is 0 Å². The smallest absolute Gasteiger partial charge is 0.322 e. The first kappa shape index (κ1) is 13.6. The van der Waals surface area contributed by atoms with Crippen LogP contribution in [-0.4, -0.2) is 29.1 Å². The van der Waals surface area contributed by atoms with Crippen molar-refractivity contribution >= 4 is 15.2 Å². The van der Waals surface area contributed by atoms with Crippen molar-refractivity contribution in [1.29, 1.82) is 0 Å². The van der Waals surface area contributed by atoms with E-state index in [2.05, 4.69) is 4.98 Å². The molecule has 1 aromatic heterocycles. The van der Waals surface area contributed by atoms with Crippen LogP contribution in [0.2, 0.25) is 0 Å². The monoisotopic (exact) mass is 270 g/mol. The Balaban J connectivity index is 3.57. The van der Waals surface area contributed by atoms with Crippen LogP contribution in [0.25, 0.3) is 0 Å². The van der Waals surface area contributed by atoms with Crippen LogP contribution in [0.5, 0.6) is 0 Å². The summed E-state index contributed by atoms with van der Waals surface area (Å²) in [6, 6.07) is 0. The van der Waals surface area contributed by atoms with Gasteiger partial charge in [0.25, 0.3) is 0 Å². The maximum atomic E-state index is 11.4. The molecule has 0 aliphatic rings. The molecular weight excluding hydrogens is 258 g/mol. The van der Waals surface area contributed by atoms with E-state index in [1.807, 2.05) is 0 Å². The van der Waals surface area contributed by atoms with E-state index < -0.39 is 26.6 Å². The van der Waals surface area contributed by atoms with E-state index in [0.717, 1.165) is 17.1 Å². The molecule has 16 heavy (non-hydrogen) atoms. The number of imidazole rings is 1. The number of rotatable bonds is 4. The maximum absolute atomic E-state index is 11.4. The van der Waals surface area contributed by atoms with Crippen LogP contribution in [0.15, 0.2) is 18.7 Å². The molecule has 0 atom stereocenters. The van der Waals surface area contributed by atoms with E-state index in [4.69, 9.17) is 0 Å². The third kappa shape index (κ3) is 1.88. The van der Waals surface area contributed by atoms with Crippen molar-refractivity contribution in [1.82, 2.24) is 9.55 Å². The fourth-order valence-electron chi connectivity index (χ4n) is 1.54. The molecule has 1 heterocycles. The van der Waals surface area contributed by atoms with Crippen molar-refractivity contribution in [3.63, 3.8) is 0 Å². The summed E-state index contributed by atoms with van der Waals surface area (Å²) >= 11 is 0. The molecule has 0 aromatic carbocycles. The van der Waals surface area contributed by atoms with Gasteiger partial charge in [-0.15, -0.1) is 0 Å². The SMILES string of the molecule is CCC(n1ccnc1)(P(=O)(O)O)P(=O)(O)O. The second kappa shape index (κ2) is 4.07. The van der Waals surface area contributed by atoms with Crippen LogP contribution in [0.4, 0.5) is 0 Å². The highest BCUT2D eigenvalue weighted by Crippen LogP contribution is 2.73. The predicted octanol–water partition coefficient (Wildman–Crippen LogP) is 0.259. The third-order valence-electron chi connectivity index (χ3n) is 2.33. The molecule has 0 fully saturated rings. The molecular formula is C6H12N2O6P2. The molecule has 0 amide bonds. The van der Waals surface area contributed by atoms with Crippen LogP contribution in [0.1, 0.15) is 13.3 Å². The van der Waals surface area contributed by atoms with Crippen LogP contribution in [0, 0.1) is 0 Å². The number of hydrogen-bond donors (Lipinski definition) is 4. The molecule has 10 heteroatoms. The fourth-order valence-corrected chi connectivity index (χ4v) is 4.56. The molecule has 92 valence electrons. The summed E-state index contributed by atoms with van der Waals surface area (Å²) in [5.74, 6) is 0. The Morgan fingerprint density at radius 1 is 1.25 bits per heavy atom. The maximum Gasteiger partial charge on any atom is 0.363 e. The predicted molar refractivity (Wildman–Crippen MR) is 54.6 cm³/mol. The second-order valence-corrected chi connectivity index (χ2v) is 7.19. The van der Waals surface area contributed by atoms with Gasteiger partial charge in [0, 0.05) is 12.4 Å². The Labute approximate surface area is 91.3 Å². The van der Waals surface area contributed by atoms with E-state index >= 15 is 0 Å². The van der Waals surface area contributed by atoms with Gasteiger partial charge in [-0.25, -0.2) is 4.98 Å². The highest BCUT2D eigenvalue weighted by Gasteiger charge is 2.60. The molecule has 0 unspecified atom stereocenters. The highest BCUT2D eigenvalue weighted by atomic mass is 31.2. The Hall–Kier alpha value is -0.490. The van der Waals surface area contributed by atoms with Crippen LogP contribution in [-0.2, 0) is 14.2 Å². The molecule has 0 aliphatic carbocycles. The average molecular weight is 270 g/mol. The summed E-state index contributed by atoms with van der Waals surface area (Å²) in [6.45, 7) is 1.29. The van der Waals surface area contributed by atoms with Crippen LogP contribution >= 0.6 is 15.2 Å². The summed E-state index contributed by atoms with van der Waals surface area (Å²) in [6.07, 6.45) is 2.86. The first-order valence-corrected chi connectivity index (χ1v) is 7.49. The molecule has 4 N–H and O–H groups in total. The molecule has 0 radical (unpaired) electrons. The first-order chi connectivity index (χ1) is 7.17. The van der Waals surface area contributed by atoms with Gasteiger partial charge in [0.1, 0.15) is 0 Å². The Bertz CT molecular complexity index is 424. The normalized spacial score (nSPS) is 14.1. The van der Waals surface area contributed by atoms with Crippen molar-refractivity contribution < 1.29 is 28.7 Å². The standard InChI is InChI=1S/C6H12N2O6P2/c1-2-6(15(9,10)11,16(12,13)14)8-4-3-7-5-8/h3-5H,2H2,1H3,(H2,9,10,11)(H2,12,13,14). The number of aromatic nitrogens is 2. The van der Waals surface area contributed by atoms with Gasteiger partial charge in [-0.1, -0.05) is 6.92 Å². The van der Waals surface area contributed by atoms with Crippen molar-refractivity contribution in [3.8, 4) is 0 Å². The molecule has 0 saturated carbocycles. The second-order valence-electron chi connectivity index (χ2n) is 3.19. The Morgan fingerprint density at radius 3 is 2.00 bits per heavy atom. The van der Waals surface area contributed by atoms with Gasteiger partial charge in [0.15, 0.2) is 0 Å². The molecule has 0 spiro atoms.